The molecule has 0 spiro atoms. The quantitative estimate of drug-likeness (QED) is 0.821. The van der Waals surface area contributed by atoms with E-state index in [1.165, 1.54) is 0 Å². The van der Waals surface area contributed by atoms with E-state index >= 15 is 0 Å². The number of aliphatic carboxylic acids is 1. The van der Waals surface area contributed by atoms with Gasteiger partial charge in [0.2, 0.25) is 0 Å². The second kappa shape index (κ2) is 4.62. The minimum atomic E-state index is -0.838. The molecule has 2 saturated carbocycles. The van der Waals surface area contributed by atoms with Gasteiger partial charge in [-0.2, -0.15) is 0 Å². The van der Waals surface area contributed by atoms with Crippen LogP contribution in [0.1, 0.15) is 54.4 Å². The summed E-state index contributed by atoms with van der Waals surface area (Å²) in [7, 11) is 0. The van der Waals surface area contributed by atoms with Gasteiger partial charge in [0.1, 0.15) is 5.60 Å². The average Bonchev–Trinajstić information content (AvgIpc) is 2.74. The summed E-state index contributed by atoms with van der Waals surface area (Å²) in [6.07, 6.45) is 0.786. The van der Waals surface area contributed by atoms with Crippen LogP contribution in [0.4, 0.5) is 4.79 Å². The Morgan fingerprint density at radius 1 is 1.19 bits per heavy atom. The lowest BCUT2D eigenvalue weighted by atomic mass is 9.74. The Labute approximate surface area is 126 Å². The summed E-state index contributed by atoms with van der Waals surface area (Å²) in [5.41, 5.74) is -1.15. The SMILES string of the molecule is CC(C)(C)OC(=O)N[C@@]1(C)C[C@H]2[C@@H](C[C@H]1C(=O)O)C2(C)C. The zero-order chi connectivity index (χ0) is 16.2. The van der Waals surface area contributed by atoms with Gasteiger partial charge in [-0.3, -0.25) is 4.79 Å². The molecule has 0 bridgehead atoms. The fourth-order valence-corrected chi connectivity index (χ4v) is 3.89. The van der Waals surface area contributed by atoms with Crippen molar-refractivity contribution in [2.45, 2.75) is 65.5 Å². The first kappa shape index (κ1) is 16.1. The van der Waals surface area contributed by atoms with E-state index in [4.69, 9.17) is 4.74 Å². The first-order chi connectivity index (χ1) is 9.37. The minimum Gasteiger partial charge on any atom is -0.481 e. The molecule has 0 unspecified atom stereocenters. The van der Waals surface area contributed by atoms with Crippen LogP contribution in [0.15, 0.2) is 0 Å². The lowest BCUT2D eigenvalue weighted by Gasteiger charge is -2.39. The fraction of sp³-hybridized carbons (Fsp3) is 0.875. The van der Waals surface area contributed by atoms with Crippen LogP contribution in [0.25, 0.3) is 0 Å². The zero-order valence-electron chi connectivity index (χ0n) is 13.8. The predicted octanol–water partition coefficient (Wildman–Crippen LogP) is 3.04. The monoisotopic (exact) mass is 297 g/mol. The molecule has 21 heavy (non-hydrogen) atoms. The van der Waals surface area contributed by atoms with Crippen LogP contribution in [0, 0.1) is 23.2 Å². The molecule has 5 heteroatoms. The van der Waals surface area contributed by atoms with Crippen molar-refractivity contribution < 1.29 is 19.4 Å². The van der Waals surface area contributed by atoms with Gasteiger partial charge >= 0.3 is 12.1 Å². The average molecular weight is 297 g/mol. The van der Waals surface area contributed by atoms with Gasteiger partial charge < -0.3 is 15.2 Å². The molecule has 0 aliphatic heterocycles. The standard InChI is InChI=1S/C16H27NO4/c1-14(2,3)21-13(20)17-16(6)8-11-9(15(11,4)5)7-10(16)12(18)19/h9-11H,7-8H2,1-6H3,(H,17,20)(H,18,19)/t9-,10+,11+,16+/m1/s1. The van der Waals surface area contributed by atoms with Crippen molar-refractivity contribution in [3.63, 3.8) is 0 Å². The van der Waals surface area contributed by atoms with Crippen LogP contribution in [0.2, 0.25) is 0 Å². The molecule has 0 aromatic rings. The Morgan fingerprint density at radius 2 is 1.76 bits per heavy atom. The highest BCUT2D eigenvalue weighted by Gasteiger charge is 2.65. The maximum atomic E-state index is 12.1. The van der Waals surface area contributed by atoms with Gasteiger partial charge in [-0.25, -0.2) is 4.79 Å². The number of nitrogens with one attached hydrogen (secondary N) is 1. The molecular formula is C16H27NO4. The van der Waals surface area contributed by atoms with Crippen molar-refractivity contribution in [3.05, 3.63) is 0 Å². The topological polar surface area (TPSA) is 75.6 Å². The van der Waals surface area contributed by atoms with Crippen molar-refractivity contribution in [2.75, 3.05) is 0 Å². The first-order valence-electron chi connectivity index (χ1n) is 7.61. The number of rotatable bonds is 2. The molecule has 2 N–H and O–H groups in total. The van der Waals surface area contributed by atoms with Crippen molar-refractivity contribution in [1.82, 2.24) is 5.32 Å². The number of carboxylic acid groups (broad SMARTS) is 1. The van der Waals surface area contributed by atoms with E-state index < -0.39 is 29.1 Å². The number of ether oxygens (including phenoxy) is 1. The third-order valence-electron chi connectivity index (χ3n) is 5.28. The maximum Gasteiger partial charge on any atom is 0.408 e. The smallest absolute Gasteiger partial charge is 0.408 e. The van der Waals surface area contributed by atoms with Crippen LogP contribution in [-0.2, 0) is 9.53 Å². The van der Waals surface area contributed by atoms with Crippen LogP contribution in [0.3, 0.4) is 0 Å². The Balaban J connectivity index is 2.14. The number of fused-ring (bicyclic) bond motifs is 1. The van der Waals surface area contributed by atoms with Crippen LogP contribution in [-0.4, -0.2) is 28.3 Å². The van der Waals surface area contributed by atoms with Crippen molar-refractivity contribution in [1.29, 1.82) is 0 Å². The number of hydrogen-bond donors (Lipinski definition) is 2. The molecule has 4 atom stereocenters. The highest BCUT2D eigenvalue weighted by molar-refractivity contribution is 5.75. The minimum absolute atomic E-state index is 0.182. The zero-order valence-corrected chi connectivity index (χ0v) is 13.8. The van der Waals surface area contributed by atoms with Gasteiger partial charge in [0.25, 0.3) is 0 Å². The lowest BCUT2D eigenvalue weighted by molar-refractivity contribution is -0.146. The van der Waals surface area contributed by atoms with Crippen LogP contribution >= 0.6 is 0 Å². The molecule has 120 valence electrons. The summed E-state index contributed by atoms with van der Waals surface area (Å²) in [5.74, 6) is -0.470. The largest absolute Gasteiger partial charge is 0.481 e. The molecule has 2 aliphatic carbocycles. The van der Waals surface area contributed by atoms with E-state index in [9.17, 15) is 14.7 Å². The van der Waals surface area contributed by atoms with Gasteiger partial charge in [-0.05, 0) is 57.8 Å². The maximum absolute atomic E-state index is 12.1. The Morgan fingerprint density at radius 3 is 2.24 bits per heavy atom. The van der Waals surface area contributed by atoms with Gasteiger partial charge in [0.15, 0.2) is 0 Å². The van der Waals surface area contributed by atoms with E-state index in [1.54, 1.807) is 20.8 Å². The van der Waals surface area contributed by atoms with E-state index in [2.05, 4.69) is 19.2 Å². The van der Waals surface area contributed by atoms with E-state index in [0.717, 1.165) is 0 Å². The summed E-state index contributed by atoms with van der Waals surface area (Å²) in [6, 6.07) is 0. The highest BCUT2D eigenvalue weighted by Crippen LogP contribution is 2.67. The summed E-state index contributed by atoms with van der Waals surface area (Å²) in [5, 5.41) is 12.4. The molecular weight excluding hydrogens is 270 g/mol. The number of hydrogen-bond acceptors (Lipinski definition) is 3. The normalized spacial score (nSPS) is 37.3. The summed E-state index contributed by atoms with van der Waals surface area (Å²) < 4.78 is 5.29. The van der Waals surface area contributed by atoms with Gasteiger partial charge in [-0.15, -0.1) is 0 Å². The molecule has 0 aromatic heterocycles. The number of amides is 1. The molecule has 0 aromatic carbocycles. The van der Waals surface area contributed by atoms with Crippen LogP contribution in [0.5, 0.6) is 0 Å². The first-order valence-corrected chi connectivity index (χ1v) is 7.61. The van der Waals surface area contributed by atoms with Crippen molar-refractivity contribution in [3.8, 4) is 0 Å². The van der Waals surface area contributed by atoms with Gasteiger partial charge in [0, 0.05) is 0 Å². The summed E-state index contributed by atoms with van der Waals surface area (Å²) in [4.78, 5) is 23.7. The molecule has 2 aliphatic rings. The number of carbonyl (C=O) groups is 2. The number of carboxylic acids is 1. The Kier molecular flexibility index (Phi) is 3.54. The summed E-state index contributed by atoms with van der Waals surface area (Å²) >= 11 is 0. The van der Waals surface area contributed by atoms with Gasteiger partial charge in [-0.1, -0.05) is 13.8 Å². The molecule has 0 saturated heterocycles. The Hall–Kier alpha value is -1.26. The van der Waals surface area contributed by atoms with Crippen LogP contribution < -0.4 is 5.32 Å². The third-order valence-corrected chi connectivity index (χ3v) is 5.28. The predicted molar refractivity (Wildman–Crippen MR) is 78.9 cm³/mol. The molecule has 0 heterocycles. The fourth-order valence-electron chi connectivity index (χ4n) is 3.89. The highest BCUT2D eigenvalue weighted by atomic mass is 16.6. The second-order valence-corrected chi connectivity index (χ2v) is 8.41. The van der Waals surface area contributed by atoms with E-state index in [1.807, 2.05) is 6.92 Å². The molecule has 2 fully saturated rings. The van der Waals surface area contributed by atoms with Gasteiger partial charge in [0.05, 0.1) is 11.5 Å². The molecule has 2 rings (SSSR count). The number of carbonyl (C=O) groups excluding carboxylic acids is 1. The van der Waals surface area contributed by atoms with E-state index in [0.29, 0.717) is 24.7 Å². The number of alkyl carbamates (subject to hydrolysis) is 1. The Bertz CT molecular complexity index is 465. The third kappa shape index (κ3) is 3.01. The van der Waals surface area contributed by atoms with Crippen molar-refractivity contribution in [2.24, 2.45) is 23.2 Å². The molecule has 1 amide bonds. The van der Waals surface area contributed by atoms with Crippen molar-refractivity contribution >= 4 is 12.1 Å². The van der Waals surface area contributed by atoms with E-state index in [-0.39, 0.29) is 5.41 Å². The summed E-state index contributed by atoms with van der Waals surface area (Å²) in [6.45, 7) is 11.6. The molecule has 0 radical (unpaired) electrons. The lowest BCUT2D eigenvalue weighted by Crippen LogP contribution is -2.56. The molecule has 5 nitrogen and oxygen atoms in total. The second-order valence-electron chi connectivity index (χ2n) is 8.41.